The molecule has 0 saturated heterocycles. The first-order valence-electron chi connectivity index (χ1n) is 5.26. The third kappa shape index (κ3) is 6.64. The molecule has 0 aromatic heterocycles. The molecule has 0 aliphatic carbocycles. The fraction of sp³-hybridized carbons (Fsp3) is 0.615. The van der Waals surface area contributed by atoms with Crippen LogP contribution < -0.4 is 0 Å². The van der Waals surface area contributed by atoms with Crippen molar-refractivity contribution in [3.8, 4) is 0 Å². The Kier molecular flexibility index (Phi) is 6.18. The van der Waals surface area contributed by atoms with Gasteiger partial charge >= 0.3 is 0 Å². The quantitative estimate of drug-likeness (QED) is 0.588. The Labute approximate surface area is 87.9 Å². The average Bonchev–Trinajstić information content (AvgIpc) is 2.02. The predicted molar refractivity (Wildman–Crippen MR) is 62.2 cm³/mol. The van der Waals surface area contributed by atoms with Crippen molar-refractivity contribution in [2.24, 2.45) is 11.8 Å². The number of carbonyl (C=O) groups excluding carboxylic acids is 1. The third-order valence-corrected chi connectivity index (χ3v) is 2.31. The molecule has 80 valence electrons. The van der Waals surface area contributed by atoms with Crippen molar-refractivity contribution in [1.82, 2.24) is 0 Å². The van der Waals surface area contributed by atoms with Gasteiger partial charge in [-0.1, -0.05) is 38.2 Å². The van der Waals surface area contributed by atoms with Gasteiger partial charge in [0.1, 0.15) is 5.78 Å². The lowest BCUT2D eigenvalue weighted by molar-refractivity contribution is -0.117. The fourth-order valence-corrected chi connectivity index (χ4v) is 1.31. The first-order valence-corrected chi connectivity index (χ1v) is 5.26. The maximum absolute atomic E-state index is 10.9. The summed E-state index contributed by atoms with van der Waals surface area (Å²) in [4.78, 5) is 10.9. The second-order valence-corrected chi connectivity index (χ2v) is 4.35. The van der Waals surface area contributed by atoms with Crippen molar-refractivity contribution in [2.75, 3.05) is 0 Å². The maximum atomic E-state index is 10.9. The largest absolute Gasteiger partial charge is 0.300 e. The third-order valence-electron chi connectivity index (χ3n) is 2.31. The van der Waals surface area contributed by atoms with Gasteiger partial charge < -0.3 is 4.79 Å². The summed E-state index contributed by atoms with van der Waals surface area (Å²) in [5.74, 6) is 1.36. The standard InChI is InChI=1S/C13H22O/c1-10(2)6-8-13(11(3)4)9-7-12(5)14/h6,8,11,13H,1,7,9H2,2-5H3/b8-6-. The Morgan fingerprint density at radius 2 is 1.93 bits per heavy atom. The smallest absolute Gasteiger partial charge is 0.129 e. The average molecular weight is 194 g/mol. The Hall–Kier alpha value is -0.850. The van der Waals surface area contributed by atoms with Gasteiger partial charge in [-0.3, -0.25) is 0 Å². The van der Waals surface area contributed by atoms with E-state index in [9.17, 15) is 4.79 Å². The van der Waals surface area contributed by atoms with Gasteiger partial charge in [0.15, 0.2) is 0 Å². The lowest BCUT2D eigenvalue weighted by Crippen LogP contribution is -2.07. The summed E-state index contributed by atoms with van der Waals surface area (Å²) >= 11 is 0. The molecule has 0 radical (unpaired) electrons. The Morgan fingerprint density at radius 3 is 2.29 bits per heavy atom. The van der Waals surface area contributed by atoms with E-state index in [0.29, 0.717) is 18.3 Å². The summed E-state index contributed by atoms with van der Waals surface area (Å²) in [5, 5.41) is 0. The van der Waals surface area contributed by atoms with Gasteiger partial charge in [0.25, 0.3) is 0 Å². The van der Waals surface area contributed by atoms with Crippen molar-refractivity contribution >= 4 is 5.78 Å². The number of rotatable bonds is 6. The molecule has 0 aliphatic heterocycles. The van der Waals surface area contributed by atoms with E-state index < -0.39 is 0 Å². The van der Waals surface area contributed by atoms with Crippen LogP contribution in [0.5, 0.6) is 0 Å². The lowest BCUT2D eigenvalue weighted by Gasteiger charge is -2.15. The van der Waals surface area contributed by atoms with Crippen LogP contribution in [0.1, 0.15) is 40.5 Å². The molecule has 0 saturated carbocycles. The van der Waals surface area contributed by atoms with Crippen LogP contribution in [0.2, 0.25) is 0 Å². The topological polar surface area (TPSA) is 17.1 Å². The van der Waals surface area contributed by atoms with Gasteiger partial charge in [-0.05, 0) is 32.1 Å². The van der Waals surface area contributed by atoms with Gasteiger partial charge in [-0.25, -0.2) is 0 Å². The van der Waals surface area contributed by atoms with Gasteiger partial charge in [0.2, 0.25) is 0 Å². The molecule has 0 aromatic rings. The summed E-state index contributed by atoms with van der Waals surface area (Å²) in [6.45, 7) is 11.8. The maximum Gasteiger partial charge on any atom is 0.129 e. The molecule has 0 aliphatic rings. The highest BCUT2D eigenvalue weighted by atomic mass is 16.1. The molecule has 0 amide bonds. The highest BCUT2D eigenvalue weighted by molar-refractivity contribution is 5.75. The van der Waals surface area contributed by atoms with Crippen LogP contribution in [-0.2, 0) is 4.79 Å². The Bertz CT molecular complexity index is 223. The molecule has 1 nitrogen and oxygen atoms in total. The van der Waals surface area contributed by atoms with Crippen LogP contribution in [0.15, 0.2) is 24.3 Å². The molecular formula is C13H22O. The molecule has 0 heterocycles. The molecule has 0 fully saturated rings. The predicted octanol–water partition coefficient (Wildman–Crippen LogP) is 3.76. The number of carbonyl (C=O) groups is 1. The summed E-state index contributed by atoms with van der Waals surface area (Å²) in [6.07, 6.45) is 5.86. The second kappa shape index (κ2) is 6.58. The summed E-state index contributed by atoms with van der Waals surface area (Å²) in [6, 6.07) is 0. The van der Waals surface area contributed by atoms with Crippen LogP contribution >= 0.6 is 0 Å². The van der Waals surface area contributed by atoms with Gasteiger partial charge in [0, 0.05) is 6.42 Å². The van der Waals surface area contributed by atoms with E-state index in [0.717, 1.165) is 12.0 Å². The molecule has 0 spiro atoms. The van der Waals surface area contributed by atoms with Crippen molar-refractivity contribution in [1.29, 1.82) is 0 Å². The minimum Gasteiger partial charge on any atom is -0.300 e. The Morgan fingerprint density at radius 1 is 1.36 bits per heavy atom. The lowest BCUT2D eigenvalue weighted by atomic mass is 9.90. The molecule has 14 heavy (non-hydrogen) atoms. The second-order valence-electron chi connectivity index (χ2n) is 4.35. The van der Waals surface area contributed by atoms with Crippen molar-refractivity contribution in [2.45, 2.75) is 40.5 Å². The number of allylic oxidation sites excluding steroid dienone is 3. The van der Waals surface area contributed by atoms with E-state index in [-0.39, 0.29) is 5.78 Å². The minimum atomic E-state index is 0.277. The molecule has 0 N–H and O–H groups in total. The first-order chi connectivity index (χ1) is 6.43. The zero-order valence-electron chi connectivity index (χ0n) is 9.84. The van der Waals surface area contributed by atoms with E-state index in [1.54, 1.807) is 6.92 Å². The SMILES string of the molecule is C=C(C)/C=C\C(CCC(C)=O)C(C)C. The number of Topliss-reactive ketones (excluding diaryl/α,β-unsaturated/α-hetero) is 1. The van der Waals surface area contributed by atoms with Crippen LogP contribution in [0.4, 0.5) is 0 Å². The van der Waals surface area contributed by atoms with Crippen molar-refractivity contribution < 1.29 is 4.79 Å². The molecule has 0 aromatic carbocycles. The van der Waals surface area contributed by atoms with Crippen LogP contribution in [-0.4, -0.2) is 5.78 Å². The molecule has 1 unspecified atom stereocenters. The van der Waals surface area contributed by atoms with Gasteiger partial charge in [-0.2, -0.15) is 0 Å². The zero-order valence-corrected chi connectivity index (χ0v) is 9.84. The minimum absolute atomic E-state index is 0.277. The van der Waals surface area contributed by atoms with E-state index in [1.165, 1.54) is 0 Å². The van der Waals surface area contributed by atoms with E-state index >= 15 is 0 Å². The van der Waals surface area contributed by atoms with Crippen LogP contribution in [0, 0.1) is 11.8 Å². The highest BCUT2D eigenvalue weighted by Gasteiger charge is 2.10. The monoisotopic (exact) mass is 194 g/mol. The normalized spacial score (nSPS) is 13.5. The van der Waals surface area contributed by atoms with Crippen molar-refractivity contribution in [3.63, 3.8) is 0 Å². The molecular weight excluding hydrogens is 172 g/mol. The van der Waals surface area contributed by atoms with Crippen molar-refractivity contribution in [3.05, 3.63) is 24.3 Å². The Balaban J connectivity index is 4.16. The fourth-order valence-electron chi connectivity index (χ4n) is 1.31. The molecule has 1 atom stereocenters. The van der Waals surface area contributed by atoms with Crippen LogP contribution in [0.3, 0.4) is 0 Å². The van der Waals surface area contributed by atoms with Gasteiger partial charge in [-0.15, -0.1) is 0 Å². The summed E-state index contributed by atoms with van der Waals surface area (Å²) in [5.41, 5.74) is 1.07. The van der Waals surface area contributed by atoms with Gasteiger partial charge in [0.05, 0.1) is 0 Å². The van der Waals surface area contributed by atoms with E-state index in [1.807, 2.05) is 13.0 Å². The molecule has 0 rings (SSSR count). The summed E-state index contributed by atoms with van der Waals surface area (Å²) in [7, 11) is 0. The number of hydrogen-bond acceptors (Lipinski definition) is 1. The van der Waals surface area contributed by atoms with Crippen LogP contribution in [0.25, 0.3) is 0 Å². The zero-order chi connectivity index (χ0) is 11.1. The number of ketones is 1. The van der Waals surface area contributed by atoms with E-state index in [2.05, 4.69) is 26.5 Å². The summed E-state index contributed by atoms with van der Waals surface area (Å²) < 4.78 is 0. The van der Waals surface area contributed by atoms with E-state index in [4.69, 9.17) is 0 Å². The molecule has 1 heteroatoms. The molecule has 0 bridgehead atoms. The highest BCUT2D eigenvalue weighted by Crippen LogP contribution is 2.19. The first kappa shape index (κ1) is 13.2. The number of hydrogen-bond donors (Lipinski definition) is 0.